The normalized spacial score (nSPS) is 20.6. The standard InChI is InChI=1S/C16H25N3/c1-16(2,15(17)18)9-11-19-10-8-14(12-19)13-6-4-3-5-7-13/h3-7,14H,8-12H2,1-2H3,(H3,17,18). The molecule has 1 fully saturated rings. The smallest absolute Gasteiger partial charge is 0.0963 e. The summed E-state index contributed by atoms with van der Waals surface area (Å²) in [6.45, 7) is 7.45. The molecular weight excluding hydrogens is 234 g/mol. The molecule has 1 aliphatic rings. The van der Waals surface area contributed by atoms with Crippen LogP contribution in [0.4, 0.5) is 0 Å². The predicted molar refractivity (Wildman–Crippen MR) is 80.6 cm³/mol. The van der Waals surface area contributed by atoms with E-state index >= 15 is 0 Å². The molecule has 0 spiro atoms. The molecule has 0 aliphatic carbocycles. The van der Waals surface area contributed by atoms with Crippen molar-refractivity contribution in [3.8, 4) is 0 Å². The minimum Gasteiger partial charge on any atom is -0.387 e. The van der Waals surface area contributed by atoms with Gasteiger partial charge in [0, 0.05) is 12.0 Å². The van der Waals surface area contributed by atoms with Crippen LogP contribution in [0.1, 0.15) is 38.2 Å². The second-order valence-electron chi connectivity index (χ2n) is 6.24. The summed E-state index contributed by atoms with van der Waals surface area (Å²) in [5.41, 5.74) is 6.92. The van der Waals surface area contributed by atoms with E-state index in [-0.39, 0.29) is 5.41 Å². The Morgan fingerprint density at radius 2 is 2.05 bits per heavy atom. The van der Waals surface area contributed by atoms with Crippen LogP contribution in [0.2, 0.25) is 0 Å². The van der Waals surface area contributed by atoms with Gasteiger partial charge in [-0.3, -0.25) is 5.41 Å². The zero-order valence-corrected chi connectivity index (χ0v) is 12.0. The van der Waals surface area contributed by atoms with Crippen molar-refractivity contribution >= 4 is 5.84 Å². The van der Waals surface area contributed by atoms with Crippen LogP contribution in [-0.4, -0.2) is 30.4 Å². The minimum absolute atomic E-state index is 0.176. The Morgan fingerprint density at radius 1 is 1.37 bits per heavy atom. The van der Waals surface area contributed by atoms with Crippen molar-refractivity contribution in [2.45, 2.75) is 32.6 Å². The minimum atomic E-state index is -0.176. The van der Waals surface area contributed by atoms with Crippen molar-refractivity contribution in [3.63, 3.8) is 0 Å². The predicted octanol–water partition coefficient (Wildman–Crippen LogP) is 2.83. The molecule has 0 bridgehead atoms. The Hall–Kier alpha value is -1.35. The lowest BCUT2D eigenvalue weighted by Crippen LogP contribution is -2.35. The Morgan fingerprint density at radius 3 is 2.68 bits per heavy atom. The van der Waals surface area contributed by atoms with Crippen molar-refractivity contribution < 1.29 is 0 Å². The van der Waals surface area contributed by atoms with E-state index in [9.17, 15) is 0 Å². The second-order valence-corrected chi connectivity index (χ2v) is 6.24. The SMILES string of the molecule is CC(C)(CCN1CCC(c2ccccc2)C1)C(=N)N. The van der Waals surface area contributed by atoms with E-state index in [1.54, 1.807) is 0 Å². The van der Waals surface area contributed by atoms with Crippen molar-refractivity contribution in [1.82, 2.24) is 4.90 Å². The summed E-state index contributed by atoms with van der Waals surface area (Å²) in [6.07, 6.45) is 2.20. The highest BCUT2D eigenvalue weighted by molar-refractivity contribution is 5.82. The Kier molecular flexibility index (Phi) is 4.25. The van der Waals surface area contributed by atoms with Gasteiger partial charge in [0.1, 0.15) is 0 Å². The summed E-state index contributed by atoms with van der Waals surface area (Å²) >= 11 is 0. The lowest BCUT2D eigenvalue weighted by atomic mass is 9.88. The molecular formula is C16H25N3. The van der Waals surface area contributed by atoms with Gasteiger partial charge < -0.3 is 10.6 Å². The molecule has 1 heterocycles. The average molecular weight is 259 g/mol. The third-order valence-electron chi connectivity index (χ3n) is 4.33. The monoisotopic (exact) mass is 259 g/mol. The number of benzene rings is 1. The fourth-order valence-corrected chi connectivity index (χ4v) is 2.61. The van der Waals surface area contributed by atoms with Gasteiger partial charge in [0.25, 0.3) is 0 Å². The lowest BCUT2D eigenvalue weighted by Gasteiger charge is -2.26. The molecule has 0 aromatic heterocycles. The Labute approximate surface area is 116 Å². The van der Waals surface area contributed by atoms with Crippen LogP contribution in [0.25, 0.3) is 0 Å². The number of hydrogen-bond acceptors (Lipinski definition) is 2. The summed E-state index contributed by atoms with van der Waals surface area (Å²) in [6, 6.07) is 10.8. The molecule has 1 unspecified atom stereocenters. The van der Waals surface area contributed by atoms with Gasteiger partial charge >= 0.3 is 0 Å². The maximum atomic E-state index is 7.60. The number of rotatable bonds is 5. The van der Waals surface area contributed by atoms with Crippen LogP contribution in [0, 0.1) is 10.8 Å². The Balaban J connectivity index is 1.85. The second kappa shape index (κ2) is 5.74. The van der Waals surface area contributed by atoms with Crippen LogP contribution in [0.15, 0.2) is 30.3 Å². The first-order valence-corrected chi connectivity index (χ1v) is 7.11. The molecule has 1 aliphatic heterocycles. The molecule has 2 rings (SSSR count). The van der Waals surface area contributed by atoms with E-state index in [0.717, 1.165) is 26.1 Å². The van der Waals surface area contributed by atoms with Crippen molar-refractivity contribution in [2.24, 2.45) is 11.1 Å². The van der Waals surface area contributed by atoms with E-state index in [1.807, 2.05) is 0 Å². The van der Waals surface area contributed by atoms with Crippen molar-refractivity contribution in [1.29, 1.82) is 5.41 Å². The molecule has 3 N–H and O–H groups in total. The quantitative estimate of drug-likeness (QED) is 0.631. The summed E-state index contributed by atoms with van der Waals surface area (Å²) in [5, 5.41) is 7.60. The summed E-state index contributed by atoms with van der Waals surface area (Å²) in [4.78, 5) is 2.50. The third kappa shape index (κ3) is 3.57. The molecule has 1 aromatic rings. The van der Waals surface area contributed by atoms with Crippen LogP contribution >= 0.6 is 0 Å². The van der Waals surface area contributed by atoms with Crippen molar-refractivity contribution in [2.75, 3.05) is 19.6 Å². The van der Waals surface area contributed by atoms with Crippen LogP contribution in [0.5, 0.6) is 0 Å². The molecule has 0 amide bonds. The summed E-state index contributed by atoms with van der Waals surface area (Å²) in [7, 11) is 0. The highest BCUT2D eigenvalue weighted by atomic mass is 15.1. The molecule has 1 aromatic carbocycles. The number of nitrogens with one attached hydrogen (secondary N) is 1. The lowest BCUT2D eigenvalue weighted by molar-refractivity contribution is 0.290. The molecule has 104 valence electrons. The molecule has 19 heavy (non-hydrogen) atoms. The van der Waals surface area contributed by atoms with E-state index in [1.165, 1.54) is 12.0 Å². The highest BCUT2D eigenvalue weighted by Crippen LogP contribution is 2.28. The van der Waals surface area contributed by atoms with Gasteiger partial charge in [0.2, 0.25) is 0 Å². The summed E-state index contributed by atoms with van der Waals surface area (Å²) in [5.74, 6) is 0.966. The van der Waals surface area contributed by atoms with E-state index in [0.29, 0.717) is 11.8 Å². The van der Waals surface area contributed by atoms with E-state index in [2.05, 4.69) is 49.1 Å². The number of nitrogens with two attached hydrogens (primary N) is 1. The van der Waals surface area contributed by atoms with Crippen LogP contribution in [0.3, 0.4) is 0 Å². The number of nitrogens with zero attached hydrogens (tertiary/aromatic N) is 1. The van der Waals surface area contributed by atoms with Crippen LogP contribution < -0.4 is 5.73 Å². The van der Waals surface area contributed by atoms with Crippen molar-refractivity contribution in [3.05, 3.63) is 35.9 Å². The van der Waals surface area contributed by atoms with Gasteiger partial charge in [-0.15, -0.1) is 0 Å². The number of amidine groups is 1. The number of hydrogen-bond donors (Lipinski definition) is 2. The van der Waals surface area contributed by atoms with Gasteiger partial charge in [-0.2, -0.15) is 0 Å². The van der Waals surface area contributed by atoms with E-state index < -0.39 is 0 Å². The molecule has 1 atom stereocenters. The first kappa shape index (κ1) is 14.1. The van der Waals surface area contributed by atoms with Crippen LogP contribution in [-0.2, 0) is 0 Å². The third-order valence-corrected chi connectivity index (χ3v) is 4.33. The van der Waals surface area contributed by atoms with Gasteiger partial charge in [0.15, 0.2) is 0 Å². The molecule has 1 saturated heterocycles. The fourth-order valence-electron chi connectivity index (χ4n) is 2.61. The first-order chi connectivity index (χ1) is 8.99. The Bertz CT molecular complexity index is 425. The molecule has 0 radical (unpaired) electrons. The van der Waals surface area contributed by atoms with Gasteiger partial charge in [0.05, 0.1) is 5.84 Å². The molecule has 3 heteroatoms. The highest BCUT2D eigenvalue weighted by Gasteiger charge is 2.27. The zero-order chi connectivity index (χ0) is 13.9. The molecule has 3 nitrogen and oxygen atoms in total. The van der Waals surface area contributed by atoms with Gasteiger partial charge in [-0.1, -0.05) is 44.2 Å². The number of likely N-dealkylation sites (tertiary alicyclic amines) is 1. The van der Waals surface area contributed by atoms with Gasteiger partial charge in [-0.05, 0) is 37.4 Å². The van der Waals surface area contributed by atoms with E-state index in [4.69, 9.17) is 11.1 Å². The maximum Gasteiger partial charge on any atom is 0.0963 e. The maximum absolute atomic E-state index is 7.60. The average Bonchev–Trinajstić information content (AvgIpc) is 2.86. The first-order valence-electron chi connectivity index (χ1n) is 7.11. The van der Waals surface area contributed by atoms with Gasteiger partial charge in [-0.25, -0.2) is 0 Å². The largest absolute Gasteiger partial charge is 0.387 e. The fraction of sp³-hybridized carbons (Fsp3) is 0.562. The zero-order valence-electron chi connectivity index (χ0n) is 12.0. The molecule has 0 saturated carbocycles. The topological polar surface area (TPSA) is 53.1 Å². The summed E-state index contributed by atoms with van der Waals surface area (Å²) < 4.78 is 0.